The van der Waals surface area contributed by atoms with E-state index in [0.717, 1.165) is 36.1 Å². The number of fused-ring (bicyclic) bond motifs is 1. The van der Waals surface area contributed by atoms with Gasteiger partial charge in [0.1, 0.15) is 0 Å². The number of hydrogen-bond donors (Lipinski definition) is 1. The molecule has 0 amide bonds. The van der Waals surface area contributed by atoms with Crippen molar-refractivity contribution in [3.63, 3.8) is 0 Å². The average Bonchev–Trinajstić information content (AvgIpc) is 2.20. The number of aryl methyl sites for hydroxylation is 1. The Kier molecular flexibility index (Phi) is 2.95. The number of pyridine rings is 1. The second kappa shape index (κ2) is 4.24. The number of aromatic amines is 1. The molecular weight excluding hydrogens is 202 g/mol. The van der Waals surface area contributed by atoms with Gasteiger partial charge < -0.3 is 4.98 Å². The lowest BCUT2D eigenvalue weighted by molar-refractivity contribution is 0.0971. The van der Waals surface area contributed by atoms with Crippen LogP contribution < -0.4 is 5.56 Å². The van der Waals surface area contributed by atoms with Crippen molar-refractivity contribution in [2.75, 3.05) is 0 Å². The third-order valence-corrected chi connectivity index (χ3v) is 2.96. The molecule has 0 saturated heterocycles. The molecular formula is C13H17NO2. The van der Waals surface area contributed by atoms with Crippen molar-refractivity contribution in [3.05, 3.63) is 33.2 Å². The van der Waals surface area contributed by atoms with E-state index in [-0.39, 0.29) is 11.3 Å². The van der Waals surface area contributed by atoms with E-state index in [4.69, 9.17) is 0 Å². The van der Waals surface area contributed by atoms with Crippen molar-refractivity contribution in [1.29, 1.82) is 0 Å². The third-order valence-electron chi connectivity index (χ3n) is 2.96. The van der Waals surface area contributed by atoms with E-state index >= 15 is 0 Å². The zero-order chi connectivity index (χ0) is 11.7. The molecule has 0 unspecified atom stereocenters. The molecule has 0 aromatic carbocycles. The van der Waals surface area contributed by atoms with E-state index in [1.165, 1.54) is 0 Å². The molecule has 2 rings (SSSR count). The summed E-state index contributed by atoms with van der Waals surface area (Å²) >= 11 is 0. The predicted octanol–water partition coefficient (Wildman–Crippen LogP) is 2.09. The van der Waals surface area contributed by atoms with Gasteiger partial charge in [0.05, 0.1) is 0 Å². The Morgan fingerprint density at radius 2 is 2.06 bits per heavy atom. The van der Waals surface area contributed by atoms with Gasteiger partial charge in [0.25, 0.3) is 5.56 Å². The maximum absolute atomic E-state index is 11.8. The second-order valence-corrected chi connectivity index (χ2v) is 4.89. The van der Waals surface area contributed by atoms with Gasteiger partial charge in [-0.15, -0.1) is 0 Å². The summed E-state index contributed by atoms with van der Waals surface area (Å²) in [6.07, 6.45) is 3.01. The van der Waals surface area contributed by atoms with Gasteiger partial charge in [-0.2, -0.15) is 0 Å². The van der Waals surface area contributed by atoms with Gasteiger partial charge in [-0.3, -0.25) is 9.59 Å². The molecule has 86 valence electrons. The minimum atomic E-state index is -0.0258. The third kappa shape index (κ3) is 2.08. The molecule has 0 saturated carbocycles. The van der Waals surface area contributed by atoms with Crippen molar-refractivity contribution in [1.82, 2.24) is 4.98 Å². The van der Waals surface area contributed by atoms with Gasteiger partial charge in [0, 0.05) is 23.2 Å². The molecule has 0 aliphatic heterocycles. The Balaban J connectivity index is 2.46. The number of nitrogens with one attached hydrogen (secondary N) is 1. The van der Waals surface area contributed by atoms with E-state index in [2.05, 4.69) is 18.8 Å². The molecule has 0 spiro atoms. The fourth-order valence-corrected chi connectivity index (χ4v) is 2.21. The van der Waals surface area contributed by atoms with E-state index in [1.54, 1.807) is 6.07 Å². The quantitative estimate of drug-likeness (QED) is 0.828. The number of carbonyl (C=O) groups excluding carboxylic acids is 1. The fraction of sp³-hybridized carbons (Fsp3) is 0.538. The van der Waals surface area contributed by atoms with Crippen LogP contribution in [0.2, 0.25) is 0 Å². The number of Topliss-reactive ketones (excluding diaryl/α,β-unsaturated/α-hetero) is 1. The molecule has 1 aliphatic rings. The molecule has 1 aliphatic carbocycles. The highest BCUT2D eigenvalue weighted by molar-refractivity contribution is 5.98. The first-order valence-electron chi connectivity index (χ1n) is 5.86. The first-order valence-corrected chi connectivity index (χ1v) is 5.86. The number of carbonyl (C=O) groups is 1. The molecule has 3 nitrogen and oxygen atoms in total. The zero-order valence-corrected chi connectivity index (χ0v) is 9.80. The maximum Gasteiger partial charge on any atom is 0.251 e. The summed E-state index contributed by atoms with van der Waals surface area (Å²) in [6.45, 7) is 4.14. The fourth-order valence-electron chi connectivity index (χ4n) is 2.21. The lowest BCUT2D eigenvalue weighted by atomic mass is 9.92. The standard InChI is InChI=1S/C13H17NO2/c1-8(2)6-9-7-10-11(14-13(9)16)4-3-5-12(10)15/h7-8H,3-6H2,1-2H3,(H,14,16). The van der Waals surface area contributed by atoms with Crippen LogP contribution in [0.5, 0.6) is 0 Å². The van der Waals surface area contributed by atoms with E-state index < -0.39 is 0 Å². The molecule has 3 heteroatoms. The largest absolute Gasteiger partial charge is 0.325 e. The van der Waals surface area contributed by atoms with E-state index in [0.29, 0.717) is 12.3 Å². The Morgan fingerprint density at radius 1 is 1.31 bits per heavy atom. The van der Waals surface area contributed by atoms with Crippen LogP contribution >= 0.6 is 0 Å². The van der Waals surface area contributed by atoms with E-state index in [9.17, 15) is 9.59 Å². The smallest absolute Gasteiger partial charge is 0.251 e. The summed E-state index contributed by atoms with van der Waals surface area (Å²) in [7, 11) is 0. The summed E-state index contributed by atoms with van der Waals surface area (Å²) in [5.74, 6) is 0.598. The molecule has 1 N–H and O–H groups in total. The van der Waals surface area contributed by atoms with Crippen molar-refractivity contribution in [2.24, 2.45) is 5.92 Å². The van der Waals surface area contributed by atoms with Crippen LogP contribution in [0, 0.1) is 5.92 Å². The lowest BCUT2D eigenvalue weighted by Gasteiger charge is -2.15. The highest BCUT2D eigenvalue weighted by Crippen LogP contribution is 2.19. The first-order chi connectivity index (χ1) is 7.58. The SMILES string of the molecule is CC(C)Cc1cc2c([nH]c1=O)CCCC2=O. The predicted molar refractivity (Wildman–Crippen MR) is 62.9 cm³/mol. The van der Waals surface area contributed by atoms with Crippen molar-refractivity contribution in [2.45, 2.75) is 39.5 Å². The second-order valence-electron chi connectivity index (χ2n) is 4.89. The van der Waals surface area contributed by atoms with Crippen LogP contribution in [0.1, 0.15) is 48.3 Å². The van der Waals surface area contributed by atoms with Gasteiger partial charge in [0.15, 0.2) is 5.78 Å². The summed E-state index contributed by atoms with van der Waals surface area (Å²) < 4.78 is 0. The molecule has 0 bridgehead atoms. The molecule has 1 heterocycles. The number of aromatic nitrogens is 1. The topological polar surface area (TPSA) is 49.9 Å². The highest BCUT2D eigenvalue weighted by Gasteiger charge is 2.19. The molecule has 1 aromatic rings. The summed E-state index contributed by atoms with van der Waals surface area (Å²) in [4.78, 5) is 26.3. The van der Waals surface area contributed by atoms with Gasteiger partial charge >= 0.3 is 0 Å². The van der Waals surface area contributed by atoms with Crippen LogP contribution in [0.25, 0.3) is 0 Å². The first kappa shape index (κ1) is 11.1. The molecule has 1 aromatic heterocycles. The van der Waals surface area contributed by atoms with Gasteiger partial charge in [-0.25, -0.2) is 0 Å². The Hall–Kier alpha value is -1.38. The number of hydrogen-bond acceptors (Lipinski definition) is 2. The minimum Gasteiger partial charge on any atom is -0.325 e. The average molecular weight is 219 g/mol. The number of H-pyrrole nitrogens is 1. The van der Waals surface area contributed by atoms with Crippen molar-refractivity contribution < 1.29 is 4.79 Å². The normalized spacial score (nSPS) is 15.3. The van der Waals surface area contributed by atoms with Crippen molar-refractivity contribution in [3.8, 4) is 0 Å². The Morgan fingerprint density at radius 3 is 2.75 bits per heavy atom. The summed E-state index contributed by atoms with van der Waals surface area (Å²) in [5, 5.41) is 0. The lowest BCUT2D eigenvalue weighted by Crippen LogP contribution is -2.22. The molecule has 0 fully saturated rings. The zero-order valence-electron chi connectivity index (χ0n) is 9.80. The maximum atomic E-state index is 11.8. The van der Waals surface area contributed by atoms with Crippen LogP contribution in [0.15, 0.2) is 10.9 Å². The van der Waals surface area contributed by atoms with Crippen LogP contribution in [-0.2, 0) is 12.8 Å². The van der Waals surface area contributed by atoms with Gasteiger partial charge in [-0.1, -0.05) is 13.8 Å². The molecule has 0 radical (unpaired) electrons. The minimum absolute atomic E-state index is 0.0258. The van der Waals surface area contributed by atoms with Crippen LogP contribution in [-0.4, -0.2) is 10.8 Å². The summed E-state index contributed by atoms with van der Waals surface area (Å²) in [6, 6.07) is 1.80. The monoisotopic (exact) mass is 219 g/mol. The van der Waals surface area contributed by atoms with Crippen molar-refractivity contribution >= 4 is 5.78 Å². The van der Waals surface area contributed by atoms with E-state index in [1.807, 2.05) is 0 Å². The van der Waals surface area contributed by atoms with Gasteiger partial charge in [-0.05, 0) is 31.2 Å². The van der Waals surface area contributed by atoms with Gasteiger partial charge in [0.2, 0.25) is 0 Å². The van der Waals surface area contributed by atoms with Crippen LogP contribution in [0.3, 0.4) is 0 Å². The Labute approximate surface area is 94.9 Å². The summed E-state index contributed by atoms with van der Waals surface area (Å²) in [5.41, 5.74) is 2.28. The highest BCUT2D eigenvalue weighted by atomic mass is 16.1. The molecule has 16 heavy (non-hydrogen) atoms. The Bertz CT molecular complexity index is 471. The molecule has 0 atom stereocenters. The number of rotatable bonds is 2. The number of ketones is 1. The van der Waals surface area contributed by atoms with Crippen LogP contribution in [0.4, 0.5) is 0 Å².